The standard InChI is InChI=1S/C13H19NO4/c1-14(7-4-8-15)13(16)10-5-6-11(17-2)12(9-10)18-3/h5-6,9,15H,4,7-8H2,1-3H3. The summed E-state index contributed by atoms with van der Waals surface area (Å²) in [5, 5.41) is 8.74. The van der Waals surface area contributed by atoms with Gasteiger partial charge in [0.2, 0.25) is 0 Å². The second kappa shape index (κ2) is 6.86. The third-order valence-corrected chi connectivity index (χ3v) is 2.63. The van der Waals surface area contributed by atoms with E-state index in [9.17, 15) is 4.79 Å². The monoisotopic (exact) mass is 253 g/mol. The molecule has 0 unspecified atom stereocenters. The predicted octanol–water partition coefficient (Wildman–Crippen LogP) is 1.16. The first-order chi connectivity index (χ1) is 8.63. The number of methoxy groups -OCH3 is 2. The van der Waals surface area contributed by atoms with Crippen LogP contribution in [0.25, 0.3) is 0 Å². The summed E-state index contributed by atoms with van der Waals surface area (Å²) in [5.41, 5.74) is 0.535. The fourth-order valence-electron chi connectivity index (χ4n) is 1.60. The molecule has 0 aliphatic carbocycles. The molecule has 0 saturated heterocycles. The van der Waals surface area contributed by atoms with Gasteiger partial charge in [-0.25, -0.2) is 0 Å². The van der Waals surface area contributed by atoms with E-state index in [-0.39, 0.29) is 12.5 Å². The SMILES string of the molecule is COc1ccc(C(=O)N(C)CCCO)cc1OC. The van der Waals surface area contributed by atoms with Gasteiger partial charge in [-0.15, -0.1) is 0 Å². The summed E-state index contributed by atoms with van der Waals surface area (Å²) in [6.07, 6.45) is 0.565. The molecule has 1 N–H and O–H groups in total. The topological polar surface area (TPSA) is 59.0 Å². The van der Waals surface area contributed by atoms with Crippen LogP contribution in [0.1, 0.15) is 16.8 Å². The fraction of sp³-hybridized carbons (Fsp3) is 0.462. The van der Waals surface area contributed by atoms with Crippen molar-refractivity contribution < 1.29 is 19.4 Å². The lowest BCUT2D eigenvalue weighted by molar-refractivity contribution is 0.0786. The van der Waals surface area contributed by atoms with Gasteiger partial charge in [0.05, 0.1) is 14.2 Å². The Morgan fingerprint density at radius 2 is 1.94 bits per heavy atom. The number of nitrogens with zero attached hydrogens (tertiary/aromatic N) is 1. The van der Waals surface area contributed by atoms with E-state index in [2.05, 4.69) is 0 Å². The van der Waals surface area contributed by atoms with Crippen LogP contribution >= 0.6 is 0 Å². The maximum absolute atomic E-state index is 12.1. The van der Waals surface area contributed by atoms with Gasteiger partial charge in [-0.05, 0) is 24.6 Å². The van der Waals surface area contributed by atoms with Crippen LogP contribution in [0.5, 0.6) is 11.5 Å². The van der Waals surface area contributed by atoms with Crippen LogP contribution in [0, 0.1) is 0 Å². The largest absolute Gasteiger partial charge is 0.493 e. The number of aliphatic hydroxyl groups excluding tert-OH is 1. The third-order valence-electron chi connectivity index (χ3n) is 2.63. The molecule has 5 nitrogen and oxygen atoms in total. The third kappa shape index (κ3) is 3.37. The van der Waals surface area contributed by atoms with E-state index in [1.54, 1.807) is 37.3 Å². The second-order valence-electron chi connectivity index (χ2n) is 3.87. The lowest BCUT2D eigenvalue weighted by Crippen LogP contribution is -2.28. The van der Waals surface area contributed by atoms with Crippen molar-refractivity contribution in [2.24, 2.45) is 0 Å². The van der Waals surface area contributed by atoms with Gasteiger partial charge in [0.1, 0.15) is 0 Å². The molecule has 0 atom stereocenters. The smallest absolute Gasteiger partial charge is 0.253 e. The lowest BCUT2D eigenvalue weighted by atomic mass is 10.1. The Bertz CT molecular complexity index is 406. The Hall–Kier alpha value is -1.75. The van der Waals surface area contributed by atoms with Gasteiger partial charge in [0.15, 0.2) is 11.5 Å². The minimum atomic E-state index is -0.107. The van der Waals surface area contributed by atoms with Crippen LogP contribution in [0.4, 0.5) is 0 Å². The molecule has 1 rings (SSSR count). The number of rotatable bonds is 6. The average molecular weight is 253 g/mol. The number of carbonyl (C=O) groups excluding carboxylic acids is 1. The van der Waals surface area contributed by atoms with Crippen molar-refractivity contribution in [1.29, 1.82) is 0 Å². The molecule has 0 radical (unpaired) electrons. The molecule has 5 heteroatoms. The van der Waals surface area contributed by atoms with Crippen molar-refractivity contribution >= 4 is 5.91 Å². The Balaban J connectivity index is 2.86. The van der Waals surface area contributed by atoms with E-state index in [4.69, 9.17) is 14.6 Å². The normalized spacial score (nSPS) is 10.0. The van der Waals surface area contributed by atoms with Crippen molar-refractivity contribution in [3.63, 3.8) is 0 Å². The number of hydrogen-bond donors (Lipinski definition) is 1. The number of aliphatic hydroxyl groups is 1. The molecule has 18 heavy (non-hydrogen) atoms. The average Bonchev–Trinajstić information content (AvgIpc) is 2.42. The van der Waals surface area contributed by atoms with Crippen molar-refractivity contribution in [3.05, 3.63) is 23.8 Å². The van der Waals surface area contributed by atoms with Gasteiger partial charge in [-0.3, -0.25) is 4.79 Å². The van der Waals surface area contributed by atoms with E-state index < -0.39 is 0 Å². The number of amides is 1. The zero-order valence-corrected chi connectivity index (χ0v) is 11.0. The summed E-state index contributed by atoms with van der Waals surface area (Å²) >= 11 is 0. The molecule has 1 amide bonds. The van der Waals surface area contributed by atoms with Crippen LogP contribution in [-0.2, 0) is 0 Å². The van der Waals surface area contributed by atoms with Crippen molar-refractivity contribution in [3.8, 4) is 11.5 Å². The highest BCUT2D eigenvalue weighted by atomic mass is 16.5. The Labute approximate surface area is 107 Å². The van der Waals surface area contributed by atoms with E-state index >= 15 is 0 Å². The highest BCUT2D eigenvalue weighted by Crippen LogP contribution is 2.27. The fourth-order valence-corrected chi connectivity index (χ4v) is 1.60. The van der Waals surface area contributed by atoms with E-state index in [0.29, 0.717) is 30.0 Å². The highest BCUT2D eigenvalue weighted by Gasteiger charge is 2.14. The molecule has 0 fully saturated rings. The summed E-state index contributed by atoms with van der Waals surface area (Å²) in [6.45, 7) is 0.591. The van der Waals surface area contributed by atoms with Crippen molar-refractivity contribution in [1.82, 2.24) is 4.90 Å². The Kier molecular flexibility index (Phi) is 5.45. The molecule has 0 spiro atoms. The molecule has 0 aromatic heterocycles. The quantitative estimate of drug-likeness (QED) is 0.826. The van der Waals surface area contributed by atoms with Gasteiger partial charge in [0.25, 0.3) is 5.91 Å². The van der Waals surface area contributed by atoms with E-state index in [0.717, 1.165) is 0 Å². The molecule has 1 aromatic rings. The Morgan fingerprint density at radius 3 is 2.50 bits per heavy atom. The molecule has 0 saturated carbocycles. The first kappa shape index (κ1) is 14.3. The molecule has 0 bridgehead atoms. The van der Waals surface area contributed by atoms with Gasteiger partial charge in [-0.1, -0.05) is 0 Å². The van der Waals surface area contributed by atoms with Crippen LogP contribution in [0.2, 0.25) is 0 Å². The van der Waals surface area contributed by atoms with Crippen LogP contribution < -0.4 is 9.47 Å². The highest BCUT2D eigenvalue weighted by molar-refractivity contribution is 5.94. The van der Waals surface area contributed by atoms with Crippen LogP contribution in [0.3, 0.4) is 0 Å². The molecule has 0 aliphatic heterocycles. The van der Waals surface area contributed by atoms with Gasteiger partial charge in [-0.2, -0.15) is 0 Å². The molecular formula is C13H19NO4. The lowest BCUT2D eigenvalue weighted by Gasteiger charge is -2.17. The van der Waals surface area contributed by atoms with E-state index in [1.807, 2.05) is 0 Å². The van der Waals surface area contributed by atoms with Gasteiger partial charge >= 0.3 is 0 Å². The van der Waals surface area contributed by atoms with Gasteiger partial charge < -0.3 is 19.5 Å². The first-order valence-electron chi connectivity index (χ1n) is 5.72. The second-order valence-corrected chi connectivity index (χ2v) is 3.87. The zero-order chi connectivity index (χ0) is 13.5. The maximum atomic E-state index is 12.1. The molecular weight excluding hydrogens is 234 g/mol. The van der Waals surface area contributed by atoms with Crippen LogP contribution in [0.15, 0.2) is 18.2 Å². The molecule has 100 valence electrons. The van der Waals surface area contributed by atoms with Crippen LogP contribution in [-0.4, -0.2) is 50.3 Å². The van der Waals surface area contributed by atoms with E-state index in [1.165, 1.54) is 7.11 Å². The summed E-state index contributed by atoms with van der Waals surface area (Å²) < 4.78 is 10.3. The minimum absolute atomic E-state index is 0.0730. The minimum Gasteiger partial charge on any atom is -0.493 e. The summed E-state index contributed by atoms with van der Waals surface area (Å²) in [6, 6.07) is 5.04. The predicted molar refractivity (Wildman–Crippen MR) is 68.2 cm³/mol. The summed E-state index contributed by atoms with van der Waals surface area (Å²) in [4.78, 5) is 13.6. The number of benzene rings is 1. The van der Waals surface area contributed by atoms with Crippen molar-refractivity contribution in [2.75, 3.05) is 34.4 Å². The Morgan fingerprint density at radius 1 is 1.28 bits per heavy atom. The number of hydrogen-bond acceptors (Lipinski definition) is 4. The van der Waals surface area contributed by atoms with Gasteiger partial charge in [0, 0.05) is 25.8 Å². The van der Waals surface area contributed by atoms with Crippen molar-refractivity contribution in [2.45, 2.75) is 6.42 Å². The summed E-state index contributed by atoms with van der Waals surface area (Å²) in [7, 11) is 4.78. The number of carbonyl (C=O) groups is 1. The maximum Gasteiger partial charge on any atom is 0.253 e. The zero-order valence-electron chi connectivity index (χ0n) is 11.0. The first-order valence-corrected chi connectivity index (χ1v) is 5.72. The molecule has 0 heterocycles. The number of ether oxygens (including phenoxy) is 2. The summed E-state index contributed by atoms with van der Waals surface area (Å²) in [5.74, 6) is 1.01. The molecule has 1 aromatic carbocycles. The molecule has 0 aliphatic rings.